The van der Waals surface area contributed by atoms with Crippen molar-refractivity contribution in [2.45, 2.75) is 0 Å². The van der Waals surface area contributed by atoms with Gasteiger partial charge in [0.05, 0.1) is 9.55 Å². The molecule has 0 unspecified atom stereocenters. The van der Waals surface area contributed by atoms with Crippen molar-refractivity contribution in [1.82, 2.24) is 14.6 Å². The topological polar surface area (TPSA) is 47.3 Å². The van der Waals surface area contributed by atoms with E-state index in [0.29, 0.717) is 36.5 Å². The van der Waals surface area contributed by atoms with E-state index in [1.54, 1.807) is 36.4 Å². The van der Waals surface area contributed by atoms with Crippen LogP contribution in [0, 0.1) is 5.82 Å². The molecule has 4 nitrogen and oxygen atoms in total. The van der Waals surface area contributed by atoms with Crippen molar-refractivity contribution in [3.8, 4) is 11.4 Å². The van der Waals surface area contributed by atoms with Gasteiger partial charge >= 0.3 is 0 Å². The highest BCUT2D eigenvalue weighted by Crippen LogP contribution is 2.28. The molecule has 4 rings (SSSR count). The summed E-state index contributed by atoms with van der Waals surface area (Å²) in [7, 11) is 0. The quantitative estimate of drug-likeness (QED) is 0.521. The first kappa shape index (κ1) is 16.2. The van der Waals surface area contributed by atoms with Crippen molar-refractivity contribution in [1.29, 1.82) is 0 Å². The summed E-state index contributed by atoms with van der Waals surface area (Å²) in [6.45, 7) is 0. The molecule has 0 aliphatic rings. The molecule has 2 aromatic heterocycles. The second kappa shape index (κ2) is 6.22. The van der Waals surface area contributed by atoms with Gasteiger partial charge in [0.2, 0.25) is 4.96 Å². The third-order valence-corrected chi connectivity index (χ3v) is 5.05. The van der Waals surface area contributed by atoms with Gasteiger partial charge in [-0.15, -0.1) is 5.10 Å². The van der Waals surface area contributed by atoms with Gasteiger partial charge in [0.1, 0.15) is 5.82 Å². The van der Waals surface area contributed by atoms with E-state index < -0.39 is 5.82 Å². The molecule has 0 spiro atoms. The van der Waals surface area contributed by atoms with Crippen molar-refractivity contribution in [3.63, 3.8) is 0 Å². The van der Waals surface area contributed by atoms with Crippen LogP contribution in [0.15, 0.2) is 47.3 Å². The molecule has 124 valence electrons. The molecule has 0 amide bonds. The zero-order valence-corrected chi connectivity index (χ0v) is 14.7. The Labute approximate surface area is 154 Å². The average Bonchev–Trinajstić information content (AvgIpc) is 3.10. The molecule has 4 aromatic rings. The highest BCUT2D eigenvalue weighted by atomic mass is 35.5. The van der Waals surface area contributed by atoms with Gasteiger partial charge in [0.15, 0.2) is 5.82 Å². The molecule has 2 aromatic carbocycles. The number of hydrogen-bond acceptors (Lipinski definition) is 4. The Bertz CT molecular complexity index is 1220. The van der Waals surface area contributed by atoms with Crippen LogP contribution >= 0.6 is 34.5 Å². The molecule has 0 bridgehead atoms. The van der Waals surface area contributed by atoms with Crippen LogP contribution in [0.5, 0.6) is 0 Å². The fourth-order valence-electron chi connectivity index (χ4n) is 2.35. The van der Waals surface area contributed by atoms with Crippen LogP contribution in [-0.2, 0) is 0 Å². The van der Waals surface area contributed by atoms with Crippen LogP contribution in [0.4, 0.5) is 4.39 Å². The lowest BCUT2D eigenvalue weighted by molar-refractivity contribution is 0.625. The summed E-state index contributed by atoms with van der Waals surface area (Å²) in [5.74, 6) is -0.0583. The van der Waals surface area contributed by atoms with Crippen molar-refractivity contribution in [2.24, 2.45) is 0 Å². The van der Waals surface area contributed by atoms with Gasteiger partial charge in [0, 0.05) is 16.1 Å². The van der Waals surface area contributed by atoms with Crippen LogP contribution in [0.25, 0.3) is 22.4 Å². The van der Waals surface area contributed by atoms with Gasteiger partial charge in [-0.25, -0.2) is 4.39 Å². The highest BCUT2D eigenvalue weighted by molar-refractivity contribution is 7.15. The molecule has 0 fully saturated rings. The molecule has 0 aliphatic heterocycles. The summed E-state index contributed by atoms with van der Waals surface area (Å²) in [4.78, 5) is 17.2. The van der Waals surface area contributed by atoms with Gasteiger partial charge in [-0.3, -0.25) is 4.79 Å². The number of rotatable bonds is 2. The average molecular weight is 392 g/mol. The second-order valence-corrected chi connectivity index (χ2v) is 7.04. The first-order valence-corrected chi connectivity index (χ1v) is 8.71. The largest absolute Gasteiger partial charge is 0.291 e. The SMILES string of the molecule is O=c1c(=Cc2ccccc2F)sc2nc(-c3ccc(Cl)cc3Cl)nn12. The Morgan fingerprint density at radius 3 is 2.68 bits per heavy atom. The van der Waals surface area contributed by atoms with E-state index in [9.17, 15) is 9.18 Å². The Morgan fingerprint density at radius 2 is 1.96 bits per heavy atom. The molecule has 0 aliphatic carbocycles. The molecule has 0 atom stereocenters. The first-order chi connectivity index (χ1) is 12.0. The zero-order chi connectivity index (χ0) is 17.6. The van der Waals surface area contributed by atoms with Crippen LogP contribution in [0.3, 0.4) is 0 Å². The fraction of sp³-hybridized carbons (Fsp3) is 0. The third kappa shape index (κ3) is 2.93. The summed E-state index contributed by atoms with van der Waals surface area (Å²) in [5, 5.41) is 5.12. The summed E-state index contributed by atoms with van der Waals surface area (Å²) in [6, 6.07) is 11.2. The maximum Gasteiger partial charge on any atom is 0.291 e. The van der Waals surface area contributed by atoms with Gasteiger partial charge < -0.3 is 0 Å². The van der Waals surface area contributed by atoms with Crippen LogP contribution in [0.2, 0.25) is 10.0 Å². The number of halogens is 3. The Hall–Kier alpha value is -2.28. The summed E-state index contributed by atoms with van der Waals surface area (Å²) >= 11 is 13.2. The smallest absolute Gasteiger partial charge is 0.266 e. The minimum Gasteiger partial charge on any atom is -0.266 e. The molecule has 0 saturated heterocycles. The number of nitrogens with zero attached hydrogens (tertiary/aromatic N) is 3. The standard InChI is InChI=1S/C17H8Cl2FN3OS/c18-10-5-6-11(12(19)8-10)15-21-17-23(22-15)16(24)14(25-17)7-9-3-1-2-4-13(9)20/h1-8H. The first-order valence-electron chi connectivity index (χ1n) is 7.14. The lowest BCUT2D eigenvalue weighted by Gasteiger charge is -1.98. The normalized spacial score (nSPS) is 12.2. The Kier molecular flexibility index (Phi) is 4.03. The van der Waals surface area contributed by atoms with Crippen LogP contribution in [-0.4, -0.2) is 14.6 Å². The number of fused-ring (bicyclic) bond motifs is 1. The van der Waals surface area contributed by atoms with E-state index >= 15 is 0 Å². The molecular weight excluding hydrogens is 384 g/mol. The molecule has 2 heterocycles. The second-order valence-electron chi connectivity index (χ2n) is 5.19. The molecule has 8 heteroatoms. The predicted molar refractivity (Wildman–Crippen MR) is 97.8 cm³/mol. The zero-order valence-electron chi connectivity index (χ0n) is 12.4. The maximum atomic E-state index is 13.8. The molecule has 0 saturated carbocycles. The summed E-state index contributed by atoms with van der Waals surface area (Å²) in [5.41, 5.74) is 0.568. The van der Waals surface area contributed by atoms with E-state index in [1.807, 2.05) is 0 Å². The lowest BCUT2D eigenvalue weighted by atomic mass is 10.2. The van der Waals surface area contributed by atoms with Crippen molar-refractivity contribution >= 4 is 45.6 Å². The summed E-state index contributed by atoms with van der Waals surface area (Å²) < 4.78 is 15.3. The number of aromatic nitrogens is 3. The molecule has 25 heavy (non-hydrogen) atoms. The van der Waals surface area contributed by atoms with Gasteiger partial charge in [-0.05, 0) is 30.3 Å². The number of hydrogen-bond donors (Lipinski definition) is 0. The fourth-order valence-corrected chi connectivity index (χ4v) is 3.74. The number of thiazole rings is 1. The molecule has 0 N–H and O–H groups in total. The van der Waals surface area contributed by atoms with Crippen LogP contribution < -0.4 is 10.1 Å². The monoisotopic (exact) mass is 391 g/mol. The van der Waals surface area contributed by atoms with E-state index in [4.69, 9.17) is 23.2 Å². The lowest BCUT2D eigenvalue weighted by Crippen LogP contribution is -2.23. The van der Waals surface area contributed by atoms with Crippen molar-refractivity contribution in [3.05, 3.63) is 78.8 Å². The van der Waals surface area contributed by atoms with E-state index in [1.165, 1.54) is 16.7 Å². The van der Waals surface area contributed by atoms with E-state index in [2.05, 4.69) is 10.1 Å². The van der Waals surface area contributed by atoms with Gasteiger partial charge in [-0.1, -0.05) is 52.7 Å². The third-order valence-electron chi connectivity index (χ3n) is 3.55. The Balaban J connectivity index is 1.85. The van der Waals surface area contributed by atoms with Gasteiger partial charge in [0.25, 0.3) is 5.56 Å². The molecular formula is C17H8Cl2FN3OS. The minimum absolute atomic E-state index is 0.336. The van der Waals surface area contributed by atoms with E-state index in [0.717, 1.165) is 11.3 Å². The predicted octanol–water partition coefficient (Wildman–Crippen LogP) is 3.81. The number of benzene rings is 2. The maximum absolute atomic E-state index is 13.8. The van der Waals surface area contributed by atoms with E-state index in [-0.39, 0.29) is 5.56 Å². The van der Waals surface area contributed by atoms with Crippen LogP contribution in [0.1, 0.15) is 5.56 Å². The molecule has 0 radical (unpaired) electrons. The Morgan fingerprint density at radius 1 is 1.16 bits per heavy atom. The van der Waals surface area contributed by atoms with Crippen molar-refractivity contribution in [2.75, 3.05) is 0 Å². The highest BCUT2D eigenvalue weighted by Gasteiger charge is 2.14. The summed E-state index contributed by atoms with van der Waals surface area (Å²) in [6.07, 6.45) is 1.49. The minimum atomic E-state index is -0.394. The van der Waals surface area contributed by atoms with Crippen molar-refractivity contribution < 1.29 is 4.39 Å². The van der Waals surface area contributed by atoms with Gasteiger partial charge in [-0.2, -0.15) is 9.50 Å².